The van der Waals surface area contributed by atoms with E-state index in [2.05, 4.69) is 26.8 Å². The van der Waals surface area contributed by atoms with E-state index in [0.717, 1.165) is 29.6 Å². The van der Waals surface area contributed by atoms with Crippen LogP contribution in [0.25, 0.3) is 6.08 Å². The molecule has 5 heteroatoms. The molecule has 25 heavy (non-hydrogen) atoms. The van der Waals surface area contributed by atoms with E-state index in [1.54, 1.807) is 12.1 Å². The van der Waals surface area contributed by atoms with Crippen molar-refractivity contribution in [3.05, 3.63) is 46.5 Å². The van der Waals surface area contributed by atoms with Crippen LogP contribution in [-0.2, 0) is 14.6 Å². The molecule has 0 radical (unpaired) electrons. The summed E-state index contributed by atoms with van der Waals surface area (Å²) in [7, 11) is -3.08. The highest BCUT2D eigenvalue weighted by molar-refractivity contribution is 7.92. The summed E-state index contributed by atoms with van der Waals surface area (Å²) in [5.41, 5.74) is 4.24. The maximum atomic E-state index is 12.4. The molecule has 2 aliphatic rings. The van der Waals surface area contributed by atoms with Crippen LogP contribution in [-0.4, -0.2) is 37.2 Å². The first kappa shape index (κ1) is 18.2. The molecule has 1 fully saturated rings. The number of aromatic hydroxyl groups is 1. The number of benzene rings is 1. The van der Waals surface area contributed by atoms with Gasteiger partial charge in [0.2, 0.25) is 0 Å². The molecule has 0 aliphatic carbocycles. The maximum Gasteiger partial charge on any atom is 0.163 e. The fourth-order valence-corrected chi connectivity index (χ4v) is 5.88. The molecule has 1 saturated heterocycles. The molecule has 4 nitrogen and oxygen atoms in total. The highest BCUT2D eigenvalue weighted by Gasteiger charge is 2.47. The van der Waals surface area contributed by atoms with E-state index in [1.165, 1.54) is 5.57 Å². The fraction of sp³-hybridized carbons (Fsp3) is 0.500. The second kappa shape index (κ2) is 6.96. The number of hydrogen-bond donors (Lipinski definition) is 1. The Morgan fingerprint density at radius 3 is 2.84 bits per heavy atom. The lowest BCUT2D eigenvalue weighted by Crippen LogP contribution is -2.19. The van der Waals surface area contributed by atoms with Gasteiger partial charge in [0.1, 0.15) is 11.0 Å². The summed E-state index contributed by atoms with van der Waals surface area (Å²) in [6, 6.07) is 7.16. The zero-order valence-corrected chi connectivity index (χ0v) is 15.8. The van der Waals surface area contributed by atoms with Crippen molar-refractivity contribution in [2.45, 2.75) is 45.0 Å². The minimum Gasteiger partial charge on any atom is -0.508 e. The molecular formula is C20H26O4S. The summed E-state index contributed by atoms with van der Waals surface area (Å²) in [4.78, 5) is 0. The van der Waals surface area contributed by atoms with Gasteiger partial charge in [0.15, 0.2) is 9.84 Å². The Bertz CT molecular complexity index is 818. The molecule has 0 spiro atoms. The van der Waals surface area contributed by atoms with Gasteiger partial charge in [-0.1, -0.05) is 37.6 Å². The second-order valence-electron chi connectivity index (χ2n) is 7.38. The predicted molar refractivity (Wildman–Crippen MR) is 100 cm³/mol. The van der Waals surface area contributed by atoms with Crippen LogP contribution >= 0.6 is 0 Å². The van der Waals surface area contributed by atoms with Crippen LogP contribution in [0.5, 0.6) is 5.75 Å². The molecule has 0 aromatic heterocycles. The normalized spacial score (nSPS) is 25.7. The summed E-state index contributed by atoms with van der Waals surface area (Å²) < 4.78 is 30.6. The molecule has 136 valence electrons. The molecule has 3 rings (SSSR count). The van der Waals surface area contributed by atoms with E-state index in [1.807, 2.05) is 12.1 Å². The molecule has 2 atom stereocenters. The molecule has 0 unspecified atom stereocenters. The Labute approximate surface area is 150 Å². The molecule has 1 aromatic rings. The van der Waals surface area contributed by atoms with Crippen LogP contribution in [0.15, 0.2) is 41.0 Å². The van der Waals surface area contributed by atoms with Crippen molar-refractivity contribution >= 4 is 15.9 Å². The van der Waals surface area contributed by atoms with Crippen molar-refractivity contribution < 1.29 is 18.3 Å². The van der Waals surface area contributed by atoms with Crippen LogP contribution < -0.4 is 0 Å². The van der Waals surface area contributed by atoms with Crippen molar-refractivity contribution in [2.24, 2.45) is 5.92 Å². The lowest BCUT2D eigenvalue weighted by Gasteiger charge is -2.16. The Morgan fingerprint density at radius 2 is 2.16 bits per heavy atom. The standard InChI is InChI=1S/C20H26O4S/c1-13(2)17-12-25(22,23)19-11-24-18(20(17)19)8-7-14(3)9-15-5-4-6-16(21)10-15/h4-6,9-10,13,18-19,21H,7-8,11-12H2,1-3H3/b14-9+/t18-,19+/m1/s1. The lowest BCUT2D eigenvalue weighted by molar-refractivity contribution is 0.117. The topological polar surface area (TPSA) is 63.6 Å². The molecule has 0 saturated carbocycles. The van der Waals surface area contributed by atoms with Gasteiger partial charge in [-0.3, -0.25) is 0 Å². The number of phenols is 1. The minimum absolute atomic E-state index is 0.0906. The van der Waals surface area contributed by atoms with Gasteiger partial charge >= 0.3 is 0 Å². The molecule has 2 heterocycles. The number of hydrogen-bond acceptors (Lipinski definition) is 4. The quantitative estimate of drug-likeness (QED) is 0.811. The van der Waals surface area contributed by atoms with Crippen LogP contribution in [0.4, 0.5) is 0 Å². The number of ether oxygens (including phenoxy) is 1. The molecule has 2 aliphatic heterocycles. The molecular weight excluding hydrogens is 336 g/mol. The van der Waals surface area contributed by atoms with Gasteiger partial charge in [0, 0.05) is 0 Å². The zero-order valence-electron chi connectivity index (χ0n) is 15.0. The van der Waals surface area contributed by atoms with Gasteiger partial charge in [-0.25, -0.2) is 8.42 Å². The van der Waals surface area contributed by atoms with E-state index >= 15 is 0 Å². The predicted octanol–water partition coefficient (Wildman–Crippen LogP) is 3.72. The summed E-state index contributed by atoms with van der Waals surface area (Å²) >= 11 is 0. The monoisotopic (exact) mass is 362 g/mol. The van der Waals surface area contributed by atoms with Crippen LogP contribution in [0.2, 0.25) is 0 Å². The average molecular weight is 362 g/mol. The molecule has 1 N–H and O–H groups in total. The maximum absolute atomic E-state index is 12.4. The van der Waals surface area contributed by atoms with E-state index in [0.29, 0.717) is 6.61 Å². The van der Waals surface area contributed by atoms with Crippen LogP contribution in [0, 0.1) is 5.92 Å². The molecule has 0 amide bonds. The number of allylic oxidation sites excluding steroid dienone is 1. The van der Waals surface area contributed by atoms with Gasteiger partial charge in [-0.15, -0.1) is 0 Å². The first-order chi connectivity index (χ1) is 11.8. The van der Waals surface area contributed by atoms with Gasteiger partial charge < -0.3 is 9.84 Å². The third kappa shape index (κ3) is 3.82. The van der Waals surface area contributed by atoms with Crippen LogP contribution in [0.1, 0.15) is 39.2 Å². The third-order valence-corrected chi connectivity index (χ3v) is 7.05. The highest BCUT2D eigenvalue weighted by Crippen LogP contribution is 2.40. The number of rotatable bonds is 5. The first-order valence-corrected chi connectivity index (χ1v) is 10.5. The summed E-state index contributed by atoms with van der Waals surface area (Å²) in [5, 5.41) is 9.12. The minimum atomic E-state index is -3.08. The van der Waals surface area contributed by atoms with Crippen molar-refractivity contribution in [1.29, 1.82) is 0 Å². The molecule has 0 bridgehead atoms. The highest BCUT2D eigenvalue weighted by atomic mass is 32.2. The van der Waals surface area contributed by atoms with Gasteiger partial charge in [0.05, 0.1) is 18.5 Å². The van der Waals surface area contributed by atoms with Crippen molar-refractivity contribution in [3.8, 4) is 5.75 Å². The second-order valence-corrected chi connectivity index (χ2v) is 9.56. The summed E-state index contributed by atoms with van der Waals surface area (Å²) in [6.07, 6.45) is 3.59. The van der Waals surface area contributed by atoms with Crippen molar-refractivity contribution in [2.75, 3.05) is 12.4 Å². The van der Waals surface area contributed by atoms with E-state index in [4.69, 9.17) is 4.74 Å². The van der Waals surface area contributed by atoms with Crippen molar-refractivity contribution in [1.82, 2.24) is 0 Å². The molecule has 1 aromatic carbocycles. The first-order valence-electron chi connectivity index (χ1n) is 8.80. The SMILES string of the molecule is C/C(=C\c1cccc(O)c1)CC[C@H]1OC[C@H]2C1=C(C(C)C)CS2(=O)=O. The Balaban J connectivity index is 1.72. The summed E-state index contributed by atoms with van der Waals surface area (Å²) in [5.74, 6) is 0.692. The van der Waals surface area contributed by atoms with E-state index in [-0.39, 0.29) is 23.5 Å². The van der Waals surface area contributed by atoms with Gasteiger partial charge in [-0.05, 0) is 54.5 Å². The van der Waals surface area contributed by atoms with Crippen molar-refractivity contribution in [3.63, 3.8) is 0 Å². The van der Waals surface area contributed by atoms with E-state index < -0.39 is 15.1 Å². The Kier molecular flexibility index (Phi) is 5.07. The summed E-state index contributed by atoms with van der Waals surface area (Å²) in [6.45, 7) is 6.47. The lowest BCUT2D eigenvalue weighted by atomic mass is 9.92. The van der Waals surface area contributed by atoms with Gasteiger partial charge in [-0.2, -0.15) is 0 Å². The smallest absolute Gasteiger partial charge is 0.163 e. The van der Waals surface area contributed by atoms with E-state index in [9.17, 15) is 13.5 Å². The van der Waals surface area contributed by atoms with Crippen LogP contribution in [0.3, 0.4) is 0 Å². The zero-order chi connectivity index (χ0) is 18.2. The Morgan fingerprint density at radius 1 is 1.40 bits per heavy atom. The number of fused-ring (bicyclic) bond motifs is 1. The fourth-order valence-electron chi connectivity index (χ4n) is 3.77. The average Bonchev–Trinajstić information content (AvgIpc) is 3.05. The Hall–Kier alpha value is -1.59. The largest absolute Gasteiger partial charge is 0.508 e. The number of sulfone groups is 1. The number of phenolic OH excluding ortho intramolecular Hbond substituents is 1. The van der Waals surface area contributed by atoms with Gasteiger partial charge in [0.25, 0.3) is 0 Å². The third-order valence-electron chi connectivity index (χ3n) is 5.08.